The molecular formula is C13H19N5O. The third-order valence-electron chi connectivity index (χ3n) is 3.11. The van der Waals surface area contributed by atoms with Crippen molar-refractivity contribution in [3.63, 3.8) is 0 Å². The zero-order valence-corrected chi connectivity index (χ0v) is 11.7. The lowest BCUT2D eigenvalue weighted by Crippen LogP contribution is -2.30. The van der Waals surface area contributed by atoms with E-state index in [9.17, 15) is 0 Å². The molecule has 0 aromatic carbocycles. The molecule has 2 rings (SSSR count). The first-order chi connectivity index (χ1) is 9.11. The fourth-order valence-corrected chi connectivity index (χ4v) is 1.82. The molecule has 2 aromatic heterocycles. The van der Waals surface area contributed by atoms with E-state index in [0.29, 0.717) is 23.2 Å². The number of aryl methyl sites for hydroxylation is 1. The molecule has 0 aliphatic carbocycles. The Kier molecular flexibility index (Phi) is 4.21. The molecule has 0 amide bonds. The molecule has 2 heterocycles. The highest BCUT2D eigenvalue weighted by molar-refractivity contribution is 5.47. The Morgan fingerprint density at radius 1 is 1.32 bits per heavy atom. The molecule has 6 nitrogen and oxygen atoms in total. The molecule has 6 heteroatoms. The van der Waals surface area contributed by atoms with Crippen molar-refractivity contribution in [2.75, 3.05) is 6.54 Å². The maximum Gasteiger partial charge on any atom is 0.231 e. The summed E-state index contributed by atoms with van der Waals surface area (Å²) in [4.78, 5) is 12.8. The number of hydrogen-bond donors (Lipinski definition) is 1. The maximum absolute atomic E-state index is 5.33. The van der Waals surface area contributed by atoms with Crippen LogP contribution in [0.5, 0.6) is 0 Å². The van der Waals surface area contributed by atoms with E-state index in [2.05, 4.69) is 46.2 Å². The minimum Gasteiger partial charge on any atom is -0.339 e. The number of likely N-dealkylation sites (N-methyl/N-ethyl adjacent to an activating group) is 1. The van der Waals surface area contributed by atoms with Gasteiger partial charge in [-0.25, -0.2) is 9.97 Å². The number of aromatic nitrogens is 4. The second-order valence-corrected chi connectivity index (χ2v) is 4.58. The van der Waals surface area contributed by atoms with Crippen LogP contribution in [-0.4, -0.2) is 32.7 Å². The topological polar surface area (TPSA) is 76.7 Å². The number of rotatable bonds is 5. The van der Waals surface area contributed by atoms with Gasteiger partial charge in [0.2, 0.25) is 11.7 Å². The van der Waals surface area contributed by atoms with E-state index in [1.165, 1.54) is 0 Å². The molecular weight excluding hydrogens is 242 g/mol. The SMILES string of the molecule is CCNC(C)C(C)c1nc(-c2ccnc(C)n2)no1. The Bertz CT molecular complexity index is 539. The van der Waals surface area contributed by atoms with E-state index in [1.54, 1.807) is 12.3 Å². The van der Waals surface area contributed by atoms with E-state index < -0.39 is 0 Å². The predicted molar refractivity (Wildman–Crippen MR) is 71.6 cm³/mol. The van der Waals surface area contributed by atoms with Crippen molar-refractivity contribution >= 4 is 0 Å². The molecule has 2 atom stereocenters. The highest BCUT2D eigenvalue weighted by Crippen LogP contribution is 2.20. The number of nitrogens with one attached hydrogen (secondary N) is 1. The first kappa shape index (κ1) is 13.6. The molecule has 102 valence electrons. The molecule has 0 fully saturated rings. The van der Waals surface area contributed by atoms with Crippen LogP contribution in [0, 0.1) is 6.92 Å². The third kappa shape index (κ3) is 3.14. The Labute approximate surface area is 112 Å². The van der Waals surface area contributed by atoms with Crippen LogP contribution in [0.4, 0.5) is 0 Å². The average Bonchev–Trinajstić information content (AvgIpc) is 2.87. The van der Waals surface area contributed by atoms with Crippen LogP contribution in [-0.2, 0) is 0 Å². The van der Waals surface area contributed by atoms with Gasteiger partial charge in [0.15, 0.2) is 0 Å². The van der Waals surface area contributed by atoms with Gasteiger partial charge in [-0.1, -0.05) is 19.0 Å². The zero-order valence-electron chi connectivity index (χ0n) is 11.7. The van der Waals surface area contributed by atoms with Crippen molar-refractivity contribution in [2.24, 2.45) is 0 Å². The summed E-state index contributed by atoms with van der Waals surface area (Å²) >= 11 is 0. The summed E-state index contributed by atoms with van der Waals surface area (Å²) in [5.41, 5.74) is 0.686. The van der Waals surface area contributed by atoms with Gasteiger partial charge in [0.1, 0.15) is 11.5 Å². The fourth-order valence-electron chi connectivity index (χ4n) is 1.82. The van der Waals surface area contributed by atoms with Crippen molar-refractivity contribution in [1.82, 2.24) is 25.4 Å². The molecule has 0 radical (unpaired) electrons. The molecule has 0 bridgehead atoms. The smallest absolute Gasteiger partial charge is 0.231 e. The van der Waals surface area contributed by atoms with Gasteiger partial charge < -0.3 is 9.84 Å². The summed E-state index contributed by atoms with van der Waals surface area (Å²) in [7, 11) is 0. The number of nitrogens with zero attached hydrogens (tertiary/aromatic N) is 4. The van der Waals surface area contributed by atoms with Crippen molar-refractivity contribution in [3.05, 3.63) is 24.0 Å². The maximum atomic E-state index is 5.33. The predicted octanol–water partition coefficient (Wildman–Crippen LogP) is 1.94. The second-order valence-electron chi connectivity index (χ2n) is 4.58. The van der Waals surface area contributed by atoms with Crippen molar-refractivity contribution in [1.29, 1.82) is 0 Å². The summed E-state index contributed by atoms with van der Waals surface area (Å²) < 4.78 is 5.33. The molecule has 0 spiro atoms. The molecule has 2 unspecified atom stereocenters. The van der Waals surface area contributed by atoms with E-state index in [0.717, 1.165) is 6.54 Å². The summed E-state index contributed by atoms with van der Waals surface area (Å²) in [6, 6.07) is 2.06. The lowest BCUT2D eigenvalue weighted by Gasteiger charge is -2.16. The van der Waals surface area contributed by atoms with Gasteiger partial charge >= 0.3 is 0 Å². The third-order valence-corrected chi connectivity index (χ3v) is 3.11. The van der Waals surface area contributed by atoms with Crippen LogP contribution in [0.3, 0.4) is 0 Å². The first-order valence-electron chi connectivity index (χ1n) is 6.48. The van der Waals surface area contributed by atoms with Crippen LogP contribution in [0.2, 0.25) is 0 Å². The van der Waals surface area contributed by atoms with Crippen LogP contribution < -0.4 is 5.32 Å². The first-order valence-corrected chi connectivity index (χ1v) is 6.48. The largest absolute Gasteiger partial charge is 0.339 e. The monoisotopic (exact) mass is 261 g/mol. The van der Waals surface area contributed by atoms with E-state index >= 15 is 0 Å². The van der Waals surface area contributed by atoms with Crippen LogP contribution in [0.15, 0.2) is 16.8 Å². The fraction of sp³-hybridized carbons (Fsp3) is 0.538. The summed E-state index contributed by atoms with van der Waals surface area (Å²) in [5, 5.41) is 7.34. The zero-order chi connectivity index (χ0) is 13.8. The van der Waals surface area contributed by atoms with Gasteiger partial charge in [0, 0.05) is 12.2 Å². The second kappa shape index (κ2) is 5.88. The minimum absolute atomic E-state index is 0.157. The normalized spacial score (nSPS) is 14.3. The van der Waals surface area contributed by atoms with Crippen molar-refractivity contribution in [3.8, 4) is 11.5 Å². The average molecular weight is 261 g/mol. The van der Waals surface area contributed by atoms with Gasteiger partial charge in [-0.2, -0.15) is 4.98 Å². The Balaban J connectivity index is 2.19. The Morgan fingerprint density at radius 3 is 2.79 bits per heavy atom. The molecule has 0 saturated carbocycles. The van der Waals surface area contributed by atoms with Gasteiger partial charge in [-0.05, 0) is 26.5 Å². The summed E-state index contributed by atoms with van der Waals surface area (Å²) in [6.07, 6.45) is 1.69. The molecule has 0 aliphatic rings. The Hall–Kier alpha value is -1.82. The van der Waals surface area contributed by atoms with Gasteiger partial charge in [0.05, 0.1) is 5.92 Å². The van der Waals surface area contributed by atoms with Gasteiger partial charge in [-0.3, -0.25) is 0 Å². The van der Waals surface area contributed by atoms with E-state index in [-0.39, 0.29) is 12.0 Å². The minimum atomic E-state index is 0.157. The lowest BCUT2D eigenvalue weighted by molar-refractivity contribution is 0.332. The van der Waals surface area contributed by atoms with Crippen molar-refractivity contribution in [2.45, 2.75) is 39.7 Å². The van der Waals surface area contributed by atoms with Crippen LogP contribution >= 0.6 is 0 Å². The number of hydrogen-bond acceptors (Lipinski definition) is 6. The van der Waals surface area contributed by atoms with Gasteiger partial charge in [0.25, 0.3) is 0 Å². The molecule has 2 aromatic rings. The van der Waals surface area contributed by atoms with Crippen LogP contribution in [0.1, 0.15) is 38.4 Å². The van der Waals surface area contributed by atoms with Crippen molar-refractivity contribution < 1.29 is 4.52 Å². The quantitative estimate of drug-likeness (QED) is 0.886. The summed E-state index contributed by atoms with van der Waals surface area (Å²) in [6.45, 7) is 8.99. The molecule has 19 heavy (non-hydrogen) atoms. The van der Waals surface area contributed by atoms with Gasteiger partial charge in [-0.15, -0.1) is 0 Å². The lowest BCUT2D eigenvalue weighted by atomic mass is 10.0. The molecule has 1 N–H and O–H groups in total. The van der Waals surface area contributed by atoms with E-state index in [1.807, 2.05) is 6.92 Å². The molecule has 0 aliphatic heterocycles. The van der Waals surface area contributed by atoms with Crippen LogP contribution in [0.25, 0.3) is 11.5 Å². The highest BCUT2D eigenvalue weighted by Gasteiger charge is 2.20. The molecule has 0 saturated heterocycles. The highest BCUT2D eigenvalue weighted by atomic mass is 16.5. The standard InChI is InChI=1S/C13H19N5O/c1-5-14-9(3)8(2)13-17-12(18-19-13)11-6-7-15-10(4)16-11/h6-9,14H,5H2,1-4H3. The summed E-state index contributed by atoms with van der Waals surface area (Å²) in [5.74, 6) is 1.98. The van der Waals surface area contributed by atoms with E-state index in [4.69, 9.17) is 4.52 Å². The Morgan fingerprint density at radius 2 is 2.11 bits per heavy atom.